The minimum Gasteiger partial charge on any atom is -0.343 e. The number of amides is 2. The minimum atomic E-state index is -0.379. The number of hydrogen-bond acceptors (Lipinski definition) is 2. The van der Waals surface area contributed by atoms with Gasteiger partial charge in [0.1, 0.15) is 12.1 Å². The number of nitrogens with one attached hydrogen (secondary N) is 1. The standard InChI is InChI=1S/C15H26N2O2/c1-5-12(8-11-6-7-11)17-13(9(2)3)14(18)16-10(4)15(17)19/h9-13H,5-8H2,1-4H3,(H,16,18). The van der Waals surface area contributed by atoms with Gasteiger partial charge in [0.2, 0.25) is 11.8 Å². The summed E-state index contributed by atoms with van der Waals surface area (Å²) in [5.41, 5.74) is 0. The molecule has 0 aromatic carbocycles. The van der Waals surface area contributed by atoms with E-state index in [9.17, 15) is 9.59 Å². The van der Waals surface area contributed by atoms with Crippen molar-refractivity contribution in [1.82, 2.24) is 10.2 Å². The summed E-state index contributed by atoms with van der Waals surface area (Å²) in [6.07, 6.45) is 4.57. The fourth-order valence-electron chi connectivity index (χ4n) is 3.09. The van der Waals surface area contributed by atoms with Gasteiger partial charge in [-0.25, -0.2) is 0 Å². The van der Waals surface area contributed by atoms with E-state index in [1.165, 1.54) is 12.8 Å². The van der Waals surface area contributed by atoms with Gasteiger partial charge in [-0.2, -0.15) is 0 Å². The summed E-state index contributed by atoms with van der Waals surface area (Å²) in [5.74, 6) is 1.03. The van der Waals surface area contributed by atoms with Gasteiger partial charge < -0.3 is 10.2 Å². The Morgan fingerprint density at radius 2 is 1.95 bits per heavy atom. The number of carbonyl (C=O) groups excluding carboxylic acids is 2. The molecule has 2 fully saturated rings. The van der Waals surface area contributed by atoms with Crippen LogP contribution in [0.25, 0.3) is 0 Å². The highest BCUT2D eigenvalue weighted by molar-refractivity contribution is 5.97. The van der Waals surface area contributed by atoms with E-state index in [-0.39, 0.29) is 35.9 Å². The molecule has 0 aromatic rings. The Balaban J connectivity index is 2.22. The van der Waals surface area contributed by atoms with Gasteiger partial charge in [0, 0.05) is 6.04 Å². The van der Waals surface area contributed by atoms with Crippen molar-refractivity contribution in [2.75, 3.05) is 0 Å². The van der Waals surface area contributed by atoms with Gasteiger partial charge in [-0.05, 0) is 31.6 Å². The van der Waals surface area contributed by atoms with Crippen molar-refractivity contribution in [1.29, 1.82) is 0 Å². The molecule has 2 rings (SSSR count). The topological polar surface area (TPSA) is 49.4 Å². The molecule has 19 heavy (non-hydrogen) atoms. The van der Waals surface area contributed by atoms with Crippen LogP contribution < -0.4 is 5.32 Å². The van der Waals surface area contributed by atoms with Crippen LogP contribution in [0.1, 0.15) is 53.4 Å². The fraction of sp³-hybridized carbons (Fsp3) is 0.867. The zero-order valence-electron chi connectivity index (χ0n) is 12.5. The van der Waals surface area contributed by atoms with Crippen LogP contribution in [-0.4, -0.2) is 34.8 Å². The number of nitrogens with zero attached hydrogens (tertiary/aromatic N) is 1. The third-order valence-corrected chi connectivity index (χ3v) is 4.35. The quantitative estimate of drug-likeness (QED) is 0.826. The van der Waals surface area contributed by atoms with E-state index in [0.29, 0.717) is 0 Å². The molecule has 108 valence electrons. The lowest BCUT2D eigenvalue weighted by Crippen LogP contribution is -2.66. The van der Waals surface area contributed by atoms with Crippen molar-refractivity contribution in [3.63, 3.8) is 0 Å². The van der Waals surface area contributed by atoms with Crippen molar-refractivity contribution in [2.45, 2.75) is 71.5 Å². The maximum absolute atomic E-state index is 12.5. The molecule has 3 unspecified atom stereocenters. The predicted octanol–water partition coefficient (Wildman–Crippen LogP) is 1.94. The van der Waals surface area contributed by atoms with Gasteiger partial charge in [0.25, 0.3) is 0 Å². The zero-order chi connectivity index (χ0) is 14.2. The van der Waals surface area contributed by atoms with Crippen LogP contribution in [0.15, 0.2) is 0 Å². The summed E-state index contributed by atoms with van der Waals surface area (Å²) in [6.45, 7) is 7.94. The van der Waals surface area contributed by atoms with Crippen molar-refractivity contribution < 1.29 is 9.59 Å². The summed E-state index contributed by atoms with van der Waals surface area (Å²) in [6, 6.07) is -0.455. The van der Waals surface area contributed by atoms with Crippen molar-refractivity contribution in [3.8, 4) is 0 Å². The molecule has 1 aliphatic heterocycles. The molecule has 2 aliphatic rings. The van der Waals surface area contributed by atoms with Crippen LogP contribution in [0, 0.1) is 11.8 Å². The van der Waals surface area contributed by atoms with E-state index in [4.69, 9.17) is 0 Å². The molecule has 0 bridgehead atoms. The largest absolute Gasteiger partial charge is 0.343 e. The number of carbonyl (C=O) groups is 2. The van der Waals surface area contributed by atoms with E-state index in [0.717, 1.165) is 18.8 Å². The first-order chi connectivity index (χ1) is 8.95. The lowest BCUT2D eigenvalue weighted by molar-refractivity contribution is -0.154. The van der Waals surface area contributed by atoms with E-state index in [1.807, 2.05) is 18.7 Å². The van der Waals surface area contributed by atoms with Crippen molar-refractivity contribution >= 4 is 11.8 Å². The summed E-state index contributed by atoms with van der Waals surface area (Å²) in [7, 11) is 0. The van der Waals surface area contributed by atoms with Crippen LogP contribution in [0.4, 0.5) is 0 Å². The van der Waals surface area contributed by atoms with Crippen LogP contribution in [0.5, 0.6) is 0 Å². The van der Waals surface area contributed by atoms with E-state index in [2.05, 4.69) is 12.2 Å². The van der Waals surface area contributed by atoms with Crippen LogP contribution in [0.3, 0.4) is 0 Å². The SMILES string of the molecule is CCC(CC1CC1)N1C(=O)C(C)NC(=O)C1C(C)C. The second-order valence-corrected chi connectivity index (χ2v) is 6.41. The average Bonchev–Trinajstić information content (AvgIpc) is 3.14. The molecular formula is C15H26N2O2. The lowest BCUT2D eigenvalue weighted by Gasteiger charge is -2.44. The van der Waals surface area contributed by atoms with Crippen LogP contribution in [0.2, 0.25) is 0 Å². The molecule has 0 aromatic heterocycles. The zero-order valence-corrected chi connectivity index (χ0v) is 12.5. The molecule has 1 saturated heterocycles. The second kappa shape index (κ2) is 5.51. The Hall–Kier alpha value is -1.06. The molecular weight excluding hydrogens is 240 g/mol. The number of rotatable bonds is 5. The Morgan fingerprint density at radius 3 is 2.42 bits per heavy atom. The highest BCUT2D eigenvalue weighted by Crippen LogP contribution is 2.36. The number of hydrogen-bond donors (Lipinski definition) is 1. The maximum Gasteiger partial charge on any atom is 0.245 e. The third-order valence-electron chi connectivity index (χ3n) is 4.35. The van der Waals surface area contributed by atoms with Gasteiger partial charge in [-0.15, -0.1) is 0 Å². The average molecular weight is 266 g/mol. The monoisotopic (exact) mass is 266 g/mol. The molecule has 1 aliphatic carbocycles. The summed E-state index contributed by atoms with van der Waals surface area (Å²) in [4.78, 5) is 26.6. The van der Waals surface area contributed by atoms with Crippen LogP contribution >= 0.6 is 0 Å². The van der Waals surface area contributed by atoms with Gasteiger partial charge in [-0.1, -0.05) is 33.6 Å². The van der Waals surface area contributed by atoms with Crippen molar-refractivity contribution in [3.05, 3.63) is 0 Å². The molecule has 0 radical (unpaired) electrons. The Labute approximate surface area is 115 Å². The van der Waals surface area contributed by atoms with Gasteiger partial charge in [0.05, 0.1) is 0 Å². The minimum absolute atomic E-state index is 0.0105. The normalized spacial score (nSPS) is 29.6. The van der Waals surface area contributed by atoms with E-state index >= 15 is 0 Å². The first-order valence-electron chi connectivity index (χ1n) is 7.58. The van der Waals surface area contributed by atoms with E-state index in [1.54, 1.807) is 6.92 Å². The smallest absolute Gasteiger partial charge is 0.245 e. The molecule has 0 spiro atoms. The molecule has 1 saturated carbocycles. The summed E-state index contributed by atoms with van der Waals surface area (Å²) < 4.78 is 0. The third kappa shape index (κ3) is 2.93. The number of piperazine rings is 1. The van der Waals surface area contributed by atoms with Crippen molar-refractivity contribution in [2.24, 2.45) is 11.8 Å². The summed E-state index contributed by atoms with van der Waals surface area (Å²) >= 11 is 0. The molecule has 1 N–H and O–H groups in total. The molecule has 3 atom stereocenters. The van der Waals surface area contributed by atoms with Crippen LogP contribution in [-0.2, 0) is 9.59 Å². The maximum atomic E-state index is 12.5. The lowest BCUT2D eigenvalue weighted by atomic mass is 9.93. The highest BCUT2D eigenvalue weighted by atomic mass is 16.2. The second-order valence-electron chi connectivity index (χ2n) is 6.41. The van der Waals surface area contributed by atoms with Gasteiger partial charge in [-0.3, -0.25) is 9.59 Å². The Morgan fingerprint density at radius 1 is 1.32 bits per heavy atom. The fourth-order valence-corrected chi connectivity index (χ4v) is 3.09. The van der Waals surface area contributed by atoms with Gasteiger partial charge in [0.15, 0.2) is 0 Å². The molecule has 2 amide bonds. The summed E-state index contributed by atoms with van der Waals surface area (Å²) in [5, 5.41) is 2.81. The Kier molecular flexibility index (Phi) is 4.16. The molecule has 4 nitrogen and oxygen atoms in total. The first kappa shape index (κ1) is 14.4. The van der Waals surface area contributed by atoms with Gasteiger partial charge >= 0.3 is 0 Å². The molecule has 4 heteroatoms. The molecule has 1 heterocycles. The first-order valence-corrected chi connectivity index (χ1v) is 7.58. The highest BCUT2D eigenvalue weighted by Gasteiger charge is 2.44. The van der Waals surface area contributed by atoms with E-state index < -0.39 is 0 Å². The predicted molar refractivity (Wildman–Crippen MR) is 74.5 cm³/mol. The Bertz CT molecular complexity index is 363.